The lowest BCUT2D eigenvalue weighted by Gasteiger charge is -2.28. The van der Waals surface area contributed by atoms with Gasteiger partial charge < -0.3 is 19.4 Å². The third-order valence-electron chi connectivity index (χ3n) is 11.6. The number of likely N-dealkylation sites (tertiary alicyclic amines) is 2. The van der Waals surface area contributed by atoms with Gasteiger partial charge in [0, 0.05) is 18.7 Å². The molecule has 2 amide bonds. The highest BCUT2D eigenvalue weighted by atomic mass is 16.6. The fourth-order valence-electron chi connectivity index (χ4n) is 9.35. The van der Waals surface area contributed by atoms with E-state index in [0.29, 0.717) is 13.1 Å². The first kappa shape index (κ1) is 35.4. The summed E-state index contributed by atoms with van der Waals surface area (Å²) in [5.74, 6) is 1.64. The van der Waals surface area contributed by atoms with Gasteiger partial charge in [0.1, 0.15) is 22.9 Å². The monoisotopic (exact) mass is 718 g/mol. The molecule has 3 fully saturated rings. The van der Waals surface area contributed by atoms with Crippen LogP contribution in [0, 0.1) is 0 Å². The zero-order valence-electron chi connectivity index (χ0n) is 32.2. The summed E-state index contributed by atoms with van der Waals surface area (Å²) in [6.45, 7) is 12.8. The van der Waals surface area contributed by atoms with Crippen LogP contribution in [0.3, 0.4) is 0 Å². The average molecular weight is 719 g/mol. The molecule has 2 aromatic carbocycles. The van der Waals surface area contributed by atoms with Crippen molar-refractivity contribution in [2.24, 2.45) is 0 Å². The van der Waals surface area contributed by atoms with Gasteiger partial charge >= 0.3 is 12.2 Å². The molecule has 10 nitrogen and oxygen atoms in total. The summed E-state index contributed by atoms with van der Waals surface area (Å²) in [6, 6.07) is 13.2. The third kappa shape index (κ3) is 6.85. The topological polar surface area (TPSA) is 116 Å². The summed E-state index contributed by atoms with van der Waals surface area (Å²) in [6.07, 6.45) is 14.1. The highest BCUT2D eigenvalue weighted by molar-refractivity contribution is 5.80. The van der Waals surface area contributed by atoms with Crippen LogP contribution in [0.25, 0.3) is 33.6 Å². The summed E-state index contributed by atoms with van der Waals surface area (Å²) < 4.78 is 11.4. The van der Waals surface area contributed by atoms with E-state index < -0.39 is 11.2 Å². The fraction of sp³-hybridized carbons (Fsp3) is 0.535. The average Bonchev–Trinajstić information content (AvgIpc) is 3.95. The highest BCUT2D eigenvalue weighted by Crippen LogP contribution is 2.55. The van der Waals surface area contributed by atoms with Gasteiger partial charge in [-0.05, 0) is 126 Å². The molecule has 1 spiro atoms. The standard InChI is InChI=1S/C43H54N6O4/c1-41(2,3)52-39(50)48-23-9-11-34(48)37-44-25-32(46-37)28-15-13-27(14-16-28)29-17-18-31(36-30(29)19-22-43(36)20-7-8-21-43)33-26-45-38(47-33)35-12-10-24-49(35)40(51)53-42(4,5)6/h13-18,25-26,34-35H,7-12,19-24H2,1-6H3,(H,44,46)(H,45,47)/t34-,35-/m0/s1. The molecule has 0 bridgehead atoms. The van der Waals surface area contributed by atoms with Gasteiger partial charge in [0.15, 0.2) is 0 Å². The molecule has 2 saturated heterocycles. The molecule has 4 heterocycles. The lowest BCUT2D eigenvalue weighted by molar-refractivity contribution is 0.0208. The van der Waals surface area contributed by atoms with Gasteiger partial charge in [-0.15, -0.1) is 0 Å². The number of fused-ring (bicyclic) bond motifs is 2. The minimum Gasteiger partial charge on any atom is -0.444 e. The number of aromatic amines is 2. The number of imidazole rings is 2. The van der Waals surface area contributed by atoms with E-state index in [0.717, 1.165) is 60.7 Å². The Hall–Kier alpha value is -4.60. The van der Waals surface area contributed by atoms with Crippen LogP contribution in [-0.2, 0) is 21.3 Å². The number of nitrogens with one attached hydrogen (secondary N) is 2. The highest BCUT2D eigenvalue weighted by Gasteiger charge is 2.44. The van der Waals surface area contributed by atoms with Gasteiger partial charge in [-0.2, -0.15) is 0 Å². The van der Waals surface area contributed by atoms with Gasteiger partial charge in [0.2, 0.25) is 0 Å². The van der Waals surface area contributed by atoms with E-state index in [1.54, 1.807) is 4.90 Å². The van der Waals surface area contributed by atoms with Gasteiger partial charge in [0.25, 0.3) is 0 Å². The molecule has 2 aliphatic heterocycles. The molecule has 0 unspecified atom stereocenters. The number of hydrogen-bond donors (Lipinski definition) is 2. The van der Waals surface area contributed by atoms with E-state index >= 15 is 0 Å². The lowest BCUT2D eigenvalue weighted by atomic mass is 9.77. The number of amides is 2. The fourth-order valence-corrected chi connectivity index (χ4v) is 9.35. The van der Waals surface area contributed by atoms with Crippen LogP contribution in [0.15, 0.2) is 48.8 Å². The molecule has 1 saturated carbocycles. The SMILES string of the molecule is CC(C)(C)OC(=O)N1CCC[C@H]1c1ncc(-c2ccc(-c3ccc(-c4cnc([C@@H]5CCCN5C(=O)OC(C)(C)C)[nH]4)c4c3CCC43CCCC3)cc2)[nH]1. The molecule has 4 aromatic rings. The van der Waals surface area contributed by atoms with Crippen molar-refractivity contribution in [1.82, 2.24) is 29.7 Å². The molecular weight excluding hydrogens is 665 g/mol. The maximum atomic E-state index is 13.1. The molecule has 0 radical (unpaired) electrons. The maximum absolute atomic E-state index is 13.1. The number of aromatic nitrogens is 4. The Labute approximate surface area is 313 Å². The molecule has 2 atom stereocenters. The first-order valence-corrected chi connectivity index (χ1v) is 19.7. The van der Waals surface area contributed by atoms with Gasteiger partial charge in [-0.25, -0.2) is 19.6 Å². The number of ether oxygens (including phenoxy) is 2. The third-order valence-corrected chi connectivity index (χ3v) is 11.6. The van der Waals surface area contributed by atoms with Crippen molar-refractivity contribution < 1.29 is 19.1 Å². The summed E-state index contributed by atoms with van der Waals surface area (Å²) in [4.78, 5) is 46.5. The second kappa shape index (κ2) is 13.4. The Bertz CT molecular complexity index is 1990. The summed E-state index contributed by atoms with van der Waals surface area (Å²) >= 11 is 0. The normalized spacial score (nSPS) is 21.1. The van der Waals surface area contributed by atoms with E-state index in [-0.39, 0.29) is 29.7 Å². The summed E-state index contributed by atoms with van der Waals surface area (Å²) in [7, 11) is 0. The predicted octanol–water partition coefficient (Wildman–Crippen LogP) is 10.0. The van der Waals surface area contributed by atoms with Gasteiger partial charge in [0.05, 0.1) is 35.9 Å². The Morgan fingerprint density at radius 1 is 0.679 bits per heavy atom. The second-order valence-corrected chi connectivity index (χ2v) is 17.6. The quantitative estimate of drug-likeness (QED) is 0.212. The van der Waals surface area contributed by atoms with Crippen LogP contribution >= 0.6 is 0 Å². The van der Waals surface area contributed by atoms with Crippen molar-refractivity contribution in [3.05, 3.63) is 71.6 Å². The number of carbonyl (C=O) groups is 2. The Kier molecular flexibility index (Phi) is 8.93. The number of nitrogens with zero attached hydrogens (tertiary/aromatic N) is 4. The lowest BCUT2D eigenvalue weighted by Crippen LogP contribution is -2.36. The van der Waals surface area contributed by atoms with Gasteiger partial charge in [-0.3, -0.25) is 9.80 Å². The van der Waals surface area contributed by atoms with Crippen LogP contribution in [0.4, 0.5) is 9.59 Å². The number of benzene rings is 2. The number of H-pyrrole nitrogens is 2. The Balaban J connectivity index is 1.06. The van der Waals surface area contributed by atoms with Gasteiger partial charge in [-0.1, -0.05) is 49.2 Å². The maximum Gasteiger partial charge on any atom is 0.410 e. The second-order valence-electron chi connectivity index (χ2n) is 17.6. The number of hydrogen-bond acceptors (Lipinski definition) is 6. The van der Waals surface area contributed by atoms with Crippen LogP contribution in [-0.4, -0.2) is 66.2 Å². The van der Waals surface area contributed by atoms with Crippen molar-refractivity contribution >= 4 is 12.2 Å². The minimum atomic E-state index is -0.540. The van der Waals surface area contributed by atoms with Crippen LogP contribution in [0.2, 0.25) is 0 Å². The van der Waals surface area contributed by atoms with E-state index in [1.165, 1.54) is 59.9 Å². The van der Waals surface area contributed by atoms with Crippen molar-refractivity contribution in [2.45, 2.75) is 134 Å². The largest absolute Gasteiger partial charge is 0.444 e. The molecular formula is C43H54N6O4. The van der Waals surface area contributed by atoms with E-state index in [9.17, 15) is 9.59 Å². The Morgan fingerprint density at radius 2 is 1.19 bits per heavy atom. The molecule has 10 heteroatoms. The Morgan fingerprint density at radius 3 is 1.75 bits per heavy atom. The zero-order valence-corrected chi connectivity index (χ0v) is 32.2. The number of carbonyl (C=O) groups excluding carboxylic acids is 2. The molecule has 2 N–H and O–H groups in total. The summed E-state index contributed by atoms with van der Waals surface area (Å²) in [5.41, 5.74) is 8.86. The van der Waals surface area contributed by atoms with Crippen LogP contribution in [0.1, 0.15) is 134 Å². The van der Waals surface area contributed by atoms with Crippen molar-refractivity contribution in [2.75, 3.05) is 13.1 Å². The molecule has 8 rings (SSSR count). The van der Waals surface area contributed by atoms with Crippen LogP contribution < -0.4 is 0 Å². The van der Waals surface area contributed by atoms with E-state index in [1.807, 2.05) is 58.8 Å². The van der Waals surface area contributed by atoms with Crippen molar-refractivity contribution in [3.8, 4) is 33.6 Å². The molecule has 2 aliphatic carbocycles. The minimum absolute atomic E-state index is 0.113. The molecule has 2 aromatic heterocycles. The zero-order chi connectivity index (χ0) is 37.1. The first-order chi connectivity index (χ1) is 25.3. The predicted molar refractivity (Wildman–Crippen MR) is 205 cm³/mol. The van der Waals surface area contributed by atoms with Crippen molar-refractivity contribution in [1.29, 1.82) is 0 Å². The van der Waals surface area contributed by atoms with E-state index in [4.69, 9.17) is 19.4 Å². The first-order valence-electron chi connectivity index (χ1n) is 19.7. The van der Waals surface area contributed by atoms with Crippen molar-refractivity contribution in [3.63, 3.8) is 0 Å². The van der Waals surface area contributed by atoms with Crippen LogP contribution in [0.5, 0.6) is 0 Å². The molecule has 280 valence electrons. The molecule has 53 heavy (non-hydrogen) atoms. The summed E-state index contributed by atoms with van der Waals surface area (Å²) in [5, 5.41) is 0. The molecule has 4 aliphatic rings. The number of rotatable bonds is 5. The van der Waals surface area contributed by atoms with E-state index in [2.05, 4.69) is 46.4 Å². The smallest absolute Gasteiger partial charge is 0.410 e.